The fraction of sp³-hybridized carbons (Fsp3) is 0.350. The molecule has 0 saturated heterocycles. The lowest BCUT2D eigenvalue weighted by molar-refractivity contribution is -0.140. The van der Waals surface area contributed by atoms with Gasteiger partial charge in [0.2, 0.25) is 0 Å². The lowest BCUT2D eigenvalue weighted by Gasteiger charge is -2.18. The molecule has 0 unspecified atom stereocenters. The van der Waals surface area contributed by atoms with E-state index >= 15 is 0 Å². The second-order valence-corrected chi connectivity index (χ2v) is 6.78. The van der Waals surface area contributed by atoms with Gasteiger partial charge in [0.15, 0.2) is 11.5 Å². The highest BCUT2D eigenvalue weighted by Gasteiger charge is 2.20. The summed E-state index contributed by atoms with van der Waals surface area (Å²) < 4.78 is 11.2. The molecule has 2 aromatic rings. The van der Waals surface area contributed by atoms with Crippen molar-refractivity contribution in [2.75, 3.05) is 7.11 Å². The number of nitrogens with one attached hydrogen (secondary N) is 1. The fourth-order valence-corrected chi connectivity index (χ4v) is 2.64. The van der Waals surface area contributed by atoms with Gasteiger partial charge in [-0.15, -0.1) is 0 Å². The lowest BCUT2D eigenvalue weighted by atomic mass is 10.0. The zero-order chi connectivity index (χ0) is 19.1. The minimum absolute atomic E-state index is 0.00335. The third-order valence-corrected chi connectivity index (χ3v) is 4.25. The average molecular weight is 378 g/mol. The maximum Gasteiger partial charge on any atom is 0.320 e. The summed E-state index contributed by atoms with van der Waals surface area (Å²) in [6.45, 7) is 4.59. The van der Waals surface area contributed by atoms with Crippen LogP contribution in [0.3, 0.4) is 0 Å². The van der Waals surface area contributed by atoms with Crippen molar-refractivity contribution in [2.24, 2.45) is 5.92 Å². The normalized spacial score (nSPS) is 12.0. The Morgan fingerprint density at radius 2 is 1.77 bits per heavy atom. The Bertz CT molecular complexity index is 731. The minimum Gasteiger partial charge on any atom is -0.493 e. The SMILES string of the molecule is COc1cc(CN[C@H](C(=O)O)C(C)C)ccc1OCc1ccc(Cl)cc1. The molecule has 0 amide bonds. The van der Waals surface area contributed by atoms with Crippen LogP contribution < -0.4 is 14.8 Å². The highest BCUT2D eigenvalue weighted by Crippen LogP contribution is 2.29. The van der Waals surface area contributed by atoms with Gasteiger partial charge in [0, 0.05) is 11.6 Å². The number of carboxylic acid groups (broad SMARTS) is 1. The van der Waals surface area contributed by atoms with E-state index in [1.807, 2.05) is 56.3 Å². The zero-order valence-electron chi connectivity index (χ0n) is 15.2. The molecule has 1 atom stereocenters. The third-order valence-electron chi connectivity index (χ3n) is 3.99. The number of hydrogen-bond donors (Lipinski definition) is 2. The first-order valence-corrected chi connectivity index (χ1v) is 8.79. The third kappa shape index (κ3) is 5.64. The molecule has 5 nitrogen and oxygen atoms in total. The van der Waals surface area contributed by atoms with E-state index in [9.17, 15) is 9.90 Å². The molecule has 2 rings (SSSR count). The first kappa shape index (κ1) is 20.1. The van der Waals surface area contributed by atoms with Crippen molar-refractivity contribution in [1.29, 1.82) is 0 Å². The summed E-state index contributed by atoms with van der Waals surface area (Å²) in [7, 11) is 1.58. The lowest BCUT2D eigenvalue weighted by Crippen LogP contribution is -2.40. The summed E-state index contributed by atoms with van der Waals surface area (Å²) in [5.41, 5.74) is 1.93. The second-order valence-electron chi connectivity index (χ2n) is 6.34. The van der Waals surface area contributed by atoms with E-state index < -0.39 is 12.0 Å². The van der Waals surface area contributed by atoms with Crippen LogP contribution in [0.5, 0.6) is 11.5 Å². The number of carboxylic acids is 1. The van der Waals surface area contributed by atoms with Gasteiger partial charge in [-0.3, -0.25) is 4.79 Å². The molecule has 140 valence electrons. The molecule has 0 saturated carbocycles. The Hall–Kier alpha value is -2.24. The predicted octanol–water partition coefficient (Wildman–Crippen LogP) is 4.13. The van der Waals surface area contributed by atoms with E-state index in [4.69, 9.17) is 21.1 Å². The average Bonchev–Trinajstić information content (AvgIpc) is 2.61. The van der Waals surface area contributed by atoms with Crippen LogP contribution in [0.15, 0.2) is 42.5 Å². The van der Waals surface area contributed by atoms with Crippen molar-refractivity contribution in [2.45, 2.75) is 33.0 Å². The summed E-state index contributed by atoms with van der Waals surface area (Å²) in [4.78, 5) is 11.3. The van der Waals surface area contributed by atoms with E-state index in [2.05, 4.69) is 5.32 Å². The van der Waals surface area contributed by atoms with Crippen LogP contribution in [0.25, 0.3) is 0 Å². The Morgan fingerprint density at radius 3 is 2.35 bits per heavy atom. The van der Waals surface area contributed by atoms with Crippen molar-refractivity contribution >= 4 is 17.6 Å². The van der Waals surface area contributed by atoms with Crippen LogP contribution in [-0.2, 0) is 17.9 Å². The molecule has 0 heterocycles. The number of halogens is 1. The zero-order valence-corrected chi connectivity index (χ0v) is 15.9. The molecule has 2 N–H and O–H groups in total. The summed E-state index contributed by atoms with van der Waals surface area (Å²) in [5, 5.41) is 13.0. The number of aliphatic carboxylic acids is 1. The fourth-order valence-electron chi connectivity index (χ4n) is 2.52. The second kappa shape index (κ2) is 9.46. The van der Waals surface area contributed by atoms with Gasteiger partial charge in [-0.25, -0.2) is 0 Å². The molecule has 0 aromatic heterocycles. The monoisotopic (exact) mass is 377 g/mol. The standard InChI is InChI=1S/C20H24ClNO4/c1-13(2)19(20(23)24)22-11-15-6-9-17(18(10-15)25-3)26-12-14-4-7-16(21)8-5-14/h4-10,13,19,22H,11-12H2,1-3H3,(H,23,24)/t19-/m0/s1. The summed E-state index contributed by atoms with van der Waals surface area (Å²) in [6, 6.07) is 12.4. The van der Waals surface area contributed by atoms with Gasteiger partial charge >= 0.3 is 5.97 Å². The number of hydrogen-bond acceptors (Lipinski definition) is 4. The number of benzene rings is 2. The number of ether oxygens (including phenoxy) is 2. The van der Waals surface area contributed by atoms with E-state index in [1.54, 1.807) is 7.11 Å². The van der Waals surface area contributed by atoms with Crippen LogP contribution in [0.1, 0.15) is 25.0 Å². The summed E-state index contributed by atoms with van der Waals surface area (Å²) >= 11 is 5.88. The molecular formula is C20H24ClNO4. The molecule has 0 aliphatic rings. The first-order valence-electron chi connectivity index (χ1n) is 8.41. The van der Waals surface area contributed by atoms with Crippen LogP contribution in [-0.4, -0.2) is 24.2 Å². The number of carbonyl (C=O) groups is 1. The smallest absolute Gasteiger partial charge is 0.320 e. The maximum atomic E-state index is 11.3. The van der Waals surface area contributed by atoms with Gasteiger partial charge in [-0.1, -0.05) is 43.6 Å². The van der Waals surface area contributed by atoms with Crippen LogP contribution in [0.2, 0.25) is 5.02 Å². The van der Waals surface area contributed by atoms with Crippen LogP contribution in [0.4, 0.5) is 0 Å². The molecular weight excluding hydrogens is 354 g/mol. The summed E-state index contributed by atoms with van der Waals surface area (Å²) in [6.07, 6.45) is 0. The Morgan fingerprint density at radius 1 is 1.12 bits per heavy atom. The Labute approximate surface area is 158 Å². The summed E-state index contributed by atoms with van der Waals surface area (Å²) in [5.74, 6) is 0.380. The van der Waals surface area contributed by atoms with Crippen molar-refractivity contribution in [3.63, 3.8) is 0 Å². The highest BCUT2D eigenvalue weighted by atomic mass is 35.5. The molecule has 26 heavy (non-hydrogen) atoms. The van der Waals surface area contributed by atoms with Gasteiger partial charge in [0.1, 0.15) is 12.6 Å². The molecule has 6 heteroatoms. The number of methoxy groups -OCH3 is 1. The van der Waals surface area contributed by atoms with Gasteiger partial charge < -0.3 is 19.9 Å². The van der Waals surface area contributed by atoms with Gasteiger partial charge in [-0.05, 0) is 41.3 Å². The molecule has 0 bridgehead atoms. The van der Waals surface area contributed by atoms with E-state index in [-0.39, 0.29) is 5.92 Å². The topological polar surface area (TPSA) is 67.8 Å². The molecule has 0 radical (unpaired) electrons. The van der Waals surface area contributed by atoms with Crippen molar-refractivity contribution < 1.29 is 19.4 Å². The molecule has 0 aliphatic heterocycles. The van der Waals surface area contributed by atoms with Crippen molar-refractivity contribution in [3.05, 3.63) is 58.6 Å². The van der Waals surface area contributed by atoms with E-state index in [0.29, 0.717) is 29.7 Å². The van der Waals surface area contributed by atoms with E-state index in [0.717, 1.165) is 11.1 Å². The minimum atomic E-state index is -0.852. The van der Waals surface area contributed by atoms with Gasteiger partial charge in [0.05, 0.1) is 7.11 Å². The molecule has 0 aliphatic carbocycles. The van der Waals surface area contributed by atoms with Gasteiger partial charge in [-0.2, -0.15) is 0 Å². The maximum absolute atomic E-state index is 11.3. The first-order chi connectivity index (χ1) is 12.4. The van der Waals surface area contributed by atoms with E-state index in [1.165, 1.54) is 0 Å². The Balaban J connectivity index is 2.02. The quantitative estimate of drug-likeness (QED) is 0.687. The largest absolute Gasteiger partial charge is 0.493 e. The van der Waals surface area contributed by atoms with Crippen molar-refractivity contribution in [1.82, 2.24) is 5.32 Å². The highest BCUT2D eigenvalue weighted by molar-refractivity contribution is 6.30. The molecule has 0 fully saturated rings. The molecule has 0 spiro atoms. The van der Waals surface area contributed by atoms with Crippen LogP contribution in [0, 0.1) is 5.92 Å². The van der Waals surface area contributed by atoms with Crippen molar-refractivity contribution in [3.8, 4) is 11.5 Å². The molecule has 2 aromatic carbocycles. The van der Waals surface area contributed by atoms with Crippen LogP contribution >= 0.6 is 11.6 Å². The predicted molar refractivity (Wildman–Crippen MR) is 102 cm³/mol. The van der Waals surface area contributed by atoms with Gasteiger partial charge in [0.25, 0.3) is 0 Å². The Kier molecular flexibility index (Phi) is 7.30. The number of rotatable bonds is 9.